The average molecular weight is 334 g/mol. The van der Waals surface area contributed by atoms with Crippen molar-refractivity contribution in [2.24, 2.45) is 0 Å². The molecule has 0 saturated carbocycles. The highest BCUT2D eigenvalue weighted by atomic mass is 19.1. The Balaban J connectivity index is 2.17. The Morgan fingerprint density at radius 3 is 2.50 bits per heavy atom. The summed E-state index contributed by atoms with van der Waals surface area (Å²) in [4.78, 5) is 16.5. The third-order valence-corrected chi connectivity index (χ3v) is 3.74. The van der Waals surface area contributed by atoms with Crippen molar-refractivity contribution in [1.29, 1.82) is 0 Å². The molecule has 2 aromatic rings. The van der Waals surface area contributed by atoms with Gasteiger partial charge in [-0.1, -0.05) is 6.07 Å². The quantitative estimate of drug-likeness (QED) is 0.863. The molecule has 0 fully saturated rings. The SMILES string of the molecule is COc1ccc(CN(C)C(C)c2nc(N)nc(N(C)C)n2)cc1F. The van der Waals surface area contributed by atoms with Gasteiger partial charge in [-0.2, -0.15) is 15.0 Å². The maximum absolute atomic E-state index is 13.8. The molecule has 130 valence electrons. The van der Waals surface area contributed by atoms with E-state index in [1.54, 1.807) is 11.0 Å². The van der Waals surface area contributed by atoms with Gasteiger partial charge in [0, 0.05) is 20.6 Å². The average Bonchev–Trinajstić information content (AvgIpc) is 2.53. The molecule has 7 nitrogen and oxygen atoms in total. The molecular weight excluding hydrogens is 311 g/mol. The van der Waals surface area contributed by atoms with Crippen molar-refractivity contribution in [3.63, 3.8) is 0 Å². The largest absolute Gasteiger partial charge is 0.494 e. The van der Waals surface area contributed by atoms with Gasteiger partial charge in [0.05, 0.1) is 13.2 Å². The first kappa shape index (κ1) is 17.9. The number of rotatable bonds is 6. The van der Waals surface area contributed by atoms with E-state index in [0.717, 1.165) is 5.56 Å². The predicted octanol–water partition coefficient (Wildman–Crippen LogP) is 1.86. The number of ether oxygens (including phenoxy) is 1. The van der Waals surface area contributed by atoms with Gasteiger partial charge < -0.3 is 15.4 Å². The normalized spacial score (nSPS) is 12.3. The summed E-state index contributed by atoms with van der Waals surface area (Å²) in [5.74, 6) is 1.11. The summed E-state index contributed by atoms with van der Waals surface area (Å²) >= 11 is 0. The lowest BCUT2D eigenvalue weighted by atomic mass is 10.1. The molecule has 1 atom stereocenters. The minimum Gasteiger partial charge on any atom is -0.494 e. The highest BCUT2D eigenvalue weighted by Gasteiger charge is 2.18. The van der Waals surface area contributed by atoms with Gasteiger partial charge >= 0.3 is 0 Å². The maximum Gasteiger partial charge on any atom is 0.229 e. The van der Waals surface area contributed by atoms with Gasteiger partial charge in [0.15, 0.2) is 17.4 Å². The number of anilines is 2. The fourth-order valence-corrected chi connectivity index (χ4v) is 2.21. The van der Waals surface area contributed by atoms with Crippen molar-refractivity contribution in [2.75, 3.05) is 38.9 Å². The van der Waals surface area contributed by atoms with E-state index in [1.165, 1.54) is 13.2 Å². The summed E-state index contributed by atoms with van der Waals surface area (Å²) in [6.45, 7) is 2.50. The number of nitrogen functional groups attached to an aromatic ring is 1. The lowest BCUT2D eigenvalue weighted by Crippen LogP contribution is -2.25. The summed E-state index contributed by atoms with van der Waals surface area (Å²) < 4.78 is 18.8. The topological polar surface area (TPSA) is 80.4 Å². The van der Waals surface area contributed by atoms with Gasteiger partial charge in [0.25, 0.3) is 0 Å². The Hall–Kier alpha value is -2.48. The van der Waals surface area contributed by atoms with E-state index in [0.29, 0.717) is 18.3 Å². The number of benzene rings is 1. The van der Waals surface area contributed by atoms with Crippen LogP contribution in [0.2, 0.25) is 0 Å². The van der Waals surface area contributed by atoms with Crippen LogP contribution in [0.3, 0.4) is 0 Å². The summed E-state index contributed by atoms with van der Waals surface area (Å²) in [7, 11) is 7.04. The van der Waals surface area contributed by atoms with Crippen LogP contribution >= 0.6 is 0 Å². The summed E-state index contributed by atoms with van der Waals surface area (Å²) in [5.41, 5.74) is 6.60. The minimum absolute atomic E-state index is 0.112. The van der Waals surface area contributed by atoms with E-state index >= 15 is 0 Å². The summed E-state index contributed by atoms with van der Waals surface area (Å²) in [5, 5.41) is 0. The molecule has 0 amide bonds. The van der Waals surface area contributed by atoms with E-state index in [-0.39, 0.29) is 23.6 Å². The lowest BCUT2D eigenvalue weighted by molar-refractivity contribution is 0.243. The third kappa shape index (κ3) is 4.08. The number of hydrogen-bond donors (Lipinski definition) is 1. The molecule has 0 saturated heterocycles. The number of methoxy groups -OCH3 is 1. The van der Waals surface area contributed by atoms with Crippen molar-refractivity contribution < 1.29 is 9.13 Å². The van der Waals surface area contributed by atoms with Crippen LogP contribution in [0.5, 0.6) is 5.75 Å². The molecule has 1 unspecified atom stereocenters. The molecule has 0 bridgehead atoms. The highest BCUT2D eigenvalue weighted by molar-refractivity contribution is 5.33. The van der Waals surface area contributed by atoms with Crippen LogP contribution in [0.4, 0.5) is 16.3 Å². The Bertz CT molecular complexity index is 709. The first-order chi connectivity index (χ1) is 11.3. The number of nitrogens with two attached hydrogens (primary N) is 1. The van der Waals surface area contributed by atoms with Gasteiger partial charge in [-0.25, -0.2) is 4.39 Å². The first-order valence-corrected chi connectivity index (χ1v) is 7.53. The number of hydrogen-bond acceptors (Lipinski definition) is 7. The van der Waals surface area contributed by atoms with Crippen molar-refractivity contribution in [2.45, 2.75) is 19.5 Å². The van der Waals surface area contributed by atoms with Gasteiger partial charge in [0.2, 0.25) is 11.9 Å². The molecule has 8 heteroatoms. The van der Waals surface area contributed by atoms with Crippen molar-refractivity contribution in [3.05, 3.63) is 35.4 Å². The van der Waals surface area contributed by atoms with Crippen molar-refractivity contribution in [3.8, 4) is 5.75 Å². The highest BCUT2D eigenvalue weighted by Crippen LogP contribution is 2.22. The van der Waals surface area contributed by atoms with Crippen LogP contribution in [0.25, 0.3) is 0 Å². The van der Waals surface area contributed by atoms with Crippen LogP contribution in [-0.4, -0.2) is 48.1 Å². The predicted molar refractivity (Wildman–Crippen MR) is 91.4 cm³/mol. The fourth-order valence-electron chi connectivity index (χ4n) is 2.21. The zero-order chi connectivity index (χ0) is 17.9. The molecule has 0 aliphatic rings. The molecule has 24 heavy (non-hydrogen) atoms. The van der Waals surface area contributed by atoms with E-state index in [9.17, 15) is 4.39 Å². The van der Waals surface area contributed by atoms with Crippen LogP contribution in [0, 0.1) is 5.82 Å². The van der Waals surface area contributed by atoms with E-state index in [4.69, 9.17) is 10.5 Å². The number of nitrogens with zero attached hydrogens (tertiary/aromatic N) is 5. The van der Waals surface area contributed by atoms with E-state index < -0.39 is 0 Å². The molecule has 1 aromatic heterocycles. The molecular formula is C16H23FN6O. The number of aromatic nitrogens is 3. The second-order valence-electron chi connectivity index (χ2n) is 5.81. The molecule has 1 heterocycles. The second kappa shape index (κ2) is 7.39. The zero-order valence-corrected chi connectivity index (χ0v) is 14.6. The molecule has 0 aliphatic carbocycles. The number of halogens is 1. The van der Waals surface area contributed by atoms with Crippen molar-refractivity contribution >= 4 is 11.9 Å². The second-order valence-corrected chi connectivity index (χ2v) is 5.81. The molecule has 0 spiro atoms. The van der Waals surface area contributed by atoms with E-state index in [1.807, 2.05) is 39.0 Å². The van der Waals surface area contributed by atoms with Gasteiger partial charge in [-0.15, -0.1) is 0 Å². The van der Waals surface area contributed by atoms with Crippen LogP contribution in [0.15, 0.2) is 18.2 Å². The summed E-state index contributed by atoms with van der Waals surface area (Å²) in [6.07, 6.45) is 0. The van der Waals surface area contributed by atoms with Crippen LogP contribution in [-0.2, 0) is 6.54 Å². The van der Waals surface area contributed by atoms with E-state index in [2.05, 4.69) is 15.0 Å². The monoisotopic (exact) mass is 334 g/mol. The Morgan fingerprint density at radius 1 is 1.21 bits per heavy atom. The van der Waals surface area contributed by atoms with Gasteiger partial charge in [-0.3, -0.25) is 4.90 Å². The smallest absolute Gasteiger partial charge is 0.229 e. The van der Waals surface area contributed by atoms with Gasteiger partial charge in [-0.05, 0) is 31.7 Å². The Labute approximate surface area is 141 Å². The molecule has 2 N–H and O–H groups in total. The minimum atomic E-state index is -0.379. The molecule has 2 rings (SSSR count). The van der Waals surface area contributed by atoms with Crippen LogP contribution < -0.4 is 15.4 Å². The lowest BCUT2D eigenvalue weighted by Gasteiger charge is -2.24. The maximum atomic E-state index is 13.8. The Kier molecular flexibility index (Phi) is 5.50. The Morgan fingerprint density at radius 2 is 1.92 bits per heavy atom. The molecule has 0 radical (unpaired) electrons. The van der Waals surface area contributed by atoms with Gasteiger partial charge in [0.1, 0.15) is 0 Å². The molecule has 1 aromatic carbocycles. The third-order valence-electron chi connectivity index (χ3n) is 3.74. The van der Waals surface area contributed by atoms with Crippen LogP contribution in [0.1, 0.15) is 24.4 Å². The first-order valence-electron chi connectivity index (χ1n) is 7.53. The fraction of sp³-hybridized carbons (Fsp3) is 0.438. The molecule has 0 aliphatic heterocycles. The van der Waals surface area contributed by atoms with Crippen molar-refractivity contribution in [1.82, 2.24) is 19.9 Å². The standard InChI is InChI=1S/C16H23FN6O/c1-10(14-19-15(18)21-16(20-14)22(2)3)23(4)9-11-6-7-13(24-5)12(17)8-11/h6-8,10H,9H2,1-5H3,(H2,18,19,20,21). The zero-order valence-electron chi connectivity index (χ0n) is 14.6. The summed E-state index contributed by atoms with van der Waals surface area (Å²) in [6, 6.07) is 4.81.